The molecule has 144 valence electrons. The molecule has 0 radical (unpaired) electrons. The van der Waals surface area contributed by atoms with Gasteiger partial charge in [0.2, 0.25) is 17.6 Å². The van der Waals surface area contributed by atoms with Crippen LogP contribution in [0.25, 0.3) is 11.5 Å². The third-order valence-corrected chi connectivity index (χ3v) is 5.48. The summed E-state index contributed by atoms with van der Waals surface area (Å²) in [6.07, 6.45) is 5.18. The van der Waals surface area contributed by atoms with Crippen LogP contribution in [-0.2, 0) is 11.2 Å². The molecule has 4 rings (SSSR count). The van der Waals surface area contributed by atoms with Crippen LogP contribution in [0.5, 0.6) is 0 Å². The van der Waals surface area contributed by atoms with E-state index < -0.39 is 0 Å². The molecular formula is C20H21N5O2S. The molecule has 1 aliphatic heterocycles. The predicted molar refractivity (Wildman–Crippen MR) is 106 cm³/mol. The number of benzene rings is 1. The molecule has 8 heteroatoms. The second-order valence-corrected chi connectivity index (χ2v) is 8.68. The van der Waals surface area contributed by atoms with Gasteiger partial charge in [-0.15, -0.1) is 11.8 Å². The lowest BCUT2D eigenvalue weighted by Gasteiger charge is -2.37. The number of carbonyl (C=O) groups is 1. The first kappa shape index (κ1) is 18.6. The highest BCUT2D eigenvalue weighted by Gasteiger charge is 2.35. The highest BCUT2D eigenvalue weighted by molar-refractivity contribution is 7.99. The van der Waals surface area contributed by atoms with Gasteiger partial charge in [-0.1, -0.05) is 31.1 Å². The molecule has 0 aliphatic carbocycles. The summed E-state index contributed by atoms with van der Waals surface area (Å²) in [5.74, 6) is 1.16. The number of aromatic nitrogens is 4. The average Bonchev–Trinajstić information content (AvgIpc) is 3.12. The maximum atomic E-state index is 12.5. The fourth-order valence-electron chi connectivity index (χ4n) is 3.00. The van der Waals surface area contributed by atoms with Crippen molar-refractivity contribution < 1.29 is 9.32 Å². The van der Waals surface area contributed by atoms with Crippen molar-refractivity contribution in [3.05, 3.63) is 54.3 Å². The molecule has 1 amide bonds. The zero-order valence-corrected chi connectivity index (χ0v) is 16.6. The van der Waals surface area contributed by atoms with E-state index in [0.29, 0.717) is 42.2 Å². The van der Waals surface area contributed by atoms with E-state index >= 15 is 0 Å². The number of thioether (sulfide) groups is 1. The molecule has 1 fully saturated rings. The number of amides is 1. The lowest BCUT2D eigenvalue weighted by molar-refractivity contribution is -0.135. The van der Waals surface area contributed by atoms with E-state index in [4.69, 9.17) is 4.52 Å². The van der Waals surface area contributed by atoms with Crippen LogP contribution in [-0.4, -0.2) is 49.3 Å². The van der Waals surface area contributed by atoms with Crippen LogP contribution in [0.4, 0.5) is 0 Å². The molecule has 2 aromatic heterocycles. The molecule has 7 nitrogen and oxygen atoms in total. The molecule has 28 heavy (non-hydrogen) atoms. The van der Waals surface area contributed by atoms with Gasteiger partial charge in [0.05, 0.1) is 18.5 Å². The minimum absolute atomic E-state index is 0.0756. The van der Waals surface area contributed by atoms with Crippen molar-refractivity contribution in [1.82, 2.24) is 25.0 Å². The summed E-state index contributed by atoms with van der Waals surface area (Å²) in [6.45, 7) is 5.54. The Hall–Kier alpha value is -2.74. The largest absolute Gasteiger partial charge is 0.341 e. The lowest BCUT2D eigenvalue weighted by Crippen LogP contribution is -2.49. The monoisotopic (exact) mass is 395 g/mol. The number of rotatable bonds is 6. The zero-order chi connectivity index (χ0) is 19.5. The first-order chi connectivity index (χ1) is 13.6. The Morgan fingerprint density at radius 3 is 2.71 bits per heavy atom. The Labute approximate surface area is 167 Å². The Morgan fingerprint density at radius 2 is 2.04 bits per heavy atom. The fraction of sp³-hybridized carbons (Fsp3) is 0.350. The topological polar surface area (TPSA) is 85.0 Å². The number of likely N-dealkylation sites (tertiary alicyclic amines) is 1. The molecule has 1 aromatic carbocycles. The molecule has 0 bridgehead atoms. The van der Waals surface area contributed by atoms with Gasteiger partial charge in [-0.2, -0.15) is 4.98 Å². The number of carbonyl (C=O) groups excluding carboxylic acids is 1. The molecule has 0 saturated carbocycles. The third kappa shape index (κ3) is 4.22. The van der Waals surface area contributed by atoms with E-state index in [1.54, 1.807) is 18.6 Å². The van der Waals surface area contributed by atoms with E-state index in [2.05, 4.69) is 46.1 Å². The van der Waals surface area contributed by atoms with Crippen LogP contribution < -0.4 is 0 Å². The second-order valence-electron chi connectivity index (χ2n) is 7.03. The molecule has 3 aromatic rings. The van der Waals surface area contributed by atoms with E-state index in [9.17, 15) is 4.79 Å². The minimum Gasteiger partial charge on any atom is -0.341 e. The van der Waals surface area contributed by atoms with Gasteiger partial charge in [0.1, 0.15) is 5.69 Å². The van der Waals surface area contributed by atoms with E-state index in [1.165, 1.54) is 4.90 Å². The van der Waals surface area contributed by atoms with Crippen LogP contribution in [0.1, 0.15) is 31.2 Å². The van der Waals surface area contributed by atoms with Crippen molar-refractivity contribution in [3.63, 3.8) is 0 Å². The van der Waals surface area contributed by atoms with Crippen LogP contribution in [0.15, 0.2) is 52.3 Å². The summed E-state index contributed by atoms with van der Waals surface area (Å²) < 4.78 is 5.34. The molecule has 1 aliphatic rings. The van der Waals surface area contributed by atoms with E-state index in [0.717, 1.165) is 5.56 Å². The van der Waals surface area contributed by atoms with Crippen molar-refractivity contribution in [2.45, 2.75) is 36.3 Å². The summed E-state index contributed by atoms with van der Waals surface area (Å²) >= 11 is 1.82. The van der Waals surface area contributed by atoms with Crippen LogP contribution >= 0.6 is 11.8 Å². The van der Waals surface area contributed by atoms with Crippen molar-refractivity contribution in [2.75, 3.05) is 13.1 Å². The maximum absolute atomic E-state index is 12.5. The van der Waals surface area contributed by atoms with Crippen LogP contribution in [0, 0.1) is 0 Å². The Balaban J connectivity index is 1.30. The number of nitrogens with zero attached hydrogens (tertiary/aromatic N) is 5. The molecule has 0 unspecified atom stereocenters. The fourth-order valence-corrected chi connectivity index (χ4v) is 3.84. The highest BCUT2D eigenvalue weighted by atomic mass is 32.2. The van der Waals surface area contributed by atoms with Crippen molar-refractivity contribution in [3.8, 4) is 11.5 Å². The molecule has 0 spiro atoms. The highest BCUT2D eigenvalue weighted by Crippen LogP contribution is 2.28. The van der Waals surface area contributed by atoms with Gasteiger partial charge in [-0.3, -0.25) is 9.78 Å². The smallest absolute Gasteiger partial charge is 0.233 e. The van der Waals surface area contributed by atoms with Gasteiger partial charge in [-0.05, 0) is 17.7 Å². The van der Waals surface area contributed by atoms with E-state index in [1.807, 2.05) is 28.8 Å². The minimum atomic E-state index is 0.0756. The SMILES string of the molecule is CC(C)Sc1ccc(CC(=O)N2CC(c3nc(-c4cnccn4)no3)C2)cc1. The second kappa shape index (κ2) is 8.10. The number of hydrogen-bond donors (Lipinski definition) is 0. The molecule has 3 heterocycles. The van der Waals surface area contributed by atoms with Gasteiger partial charge >= 0.3 is 0 Å². The average molecular weight is 395 g/mol. The summed E-state index contributed by atoms with van der Waals surface area (Å²) in [5.41, 5.74) is 1.60. The van der Waals surface area contributed by atoms with Gasteiger partial charge < -0.3 is 9.42 Å². The summed E-state index contributed by atoms with van der Waals surface area (Å²) in [7, 11) is 0. The third-order valence-electron chi connectivity index (χ3n) is 4.47. The quantitative estimate of drug-likeness (QED) is 0.593. The standard InChI is InChI=1S/C20H21N5O2S/c1-13(2)28-16-5-3-14(4-6-16)9-18(26)25-11-15(12-25)20-23-19(24-27-20)17-10-21-7-8-22-17/h3-8,10,13,15H,9,11-12H2,1-2H3. The van der Waals surface area contributed by atoms with Gasteiger partial charge in [0, 0.05) is 35.6 Å². The molecule has 0 N–H and O–H groups in total. The van der Waals surface area contributed by atoms with Crippen molar-refractivity contribution >= 4 is 17.7 Å². The summed E-state index contributed by atoms with van der Waals surface area (Å²) in [4.78, 5) is 28.1. The first-order valence-corrected chi connectivity index (χ1v) is 10.1. The van der Waals surface area contributed by atoms with Gasteiger partial charge in [0.25, 0.3) is 0 Å². The predicted octanol–water partition coefficient (Wildman–Crippen LogP) is 3.20. The molecule has 1 saturated heterocycles. The lowest BCUT2D eigenvalue weighted by atomic mass is 9.99. The Bertz CT molecular complexity index is 937. The summed E-state index contributed by atoms with van der Waals surface area (Å²) in [6, 6.07) is 8.23. The van der Waals surface area contributed by atoms with Crippen LogP contribution in [0.3, 0.4) is 0 Å². The zero-order valence-electron chi connectivity index (χ0n) is 15.8. The van der Waals surface area contributed by atoms with Gasteiger partial charge in [-0.25, -0.2) is 4.98 Å². The maximum Gasteiger partial charge on any atom is 0.233 e. The summed E-state index contributed by atoms with van der Waals surface area (Å²) in [5, 5.41) is 4.51. The van der Waals surface area contributed by atoms with E-state index in [-0.39, 0.29) is 11.8 Å². The van der Waals surface area contributed by atoms with Crippen molar-refractivity contribution in [1.29, 1.82) is 0 Å². The van der Waals surface area contributed by atoms with Crippen molar-refractivity contribution in [2.24, 2.45) is 0 Å². The number of hydrogen-bond acceptors (Lipinski definition) is 7. The Morgan fingerprint density at radius 1 is 1.25 bits per heavy atom. The first-order valence-electron chi connectivity index (χ1n) is 9.22. The van der Waals surface area contributed by atoms with Gasteiger partial charge in [0.15, 0.2) is 0 Å². The Kier molecular flexibility index (Phi) is 5.38. The van der Waals surface area contributed by atoms with Crippen LogP contribution in [0.2, 0.25) is 0 Å². The molecular weight excluding hydrogens is 374 g/mol. The normalized spacial score (nSPS) is 14.3. The molecule has 0 atom stereocenters.